The molecular weight excluding hydrogens is 298 g/mol. The van der Waals surface area contributed by atoms with Gasteiger partial charge < -0.3 is 15.1 Å². The lowest BCUT2D eigenvalue weighted by molar-refractivity contribution is 0.470. The van der Waals surface area contributed by atoms with Gasteiger partial charge in [0.25, 0.3) is 0 Å². The molecule has 5 heteroatoms. The van der Waals surface area contributed by atoms with Crippen LogP contribution in [0.5, 0.6) is 0 Å². The predicted octanol–water partition coefficient (Wildman–Crippen LogP) is 3.05. The van der Waals surface area contributed by atoms with E-state index in [0.29, 0.717) is 6.54 Å². The van der Waals surface area contributed by atoms with Gasteiger partial charge in [-0.05, 0) is 50.3 Å². The molecule has 1 aromatic heterocycles. The van der Waals surface area contributed by atoms with Crippen LogP contribution in [0.3, 0.4) is 0 Å². The normalized spacial score (nSPS) is 14.8. The average molecular weight is 329 g/mol. The van der Waals surface area contributed by atoms with Crippen LogP contribution in [-0.4, -0.2) is 49.1 Å². The SMILES string of the molecule is C=CCCCN(C)C(=NCc1ccnc(N2CCCC2)c1)NCC. The number of rotatable bonds is 8. The van der Waals surface area contributed by atoms with Gasteiger partial charge >= 0.3 is 0 Å². The molecule has 0 amide bonds. The van der Waals surface area contributed by atoms with E-state index in [2.05, 4.69) is 52.8 Å². The summed E-state index contributed by atoms with van der Waals surface area (Å²) in [5.74, 6) is 2.05. The van der Waals surface area contributed by atoms with Crippen LogP contribution in [-0.2, 0) is 6.54 Å². The standard InChI is InChI=1S/C19H31N5/c1-4-6-7-12-23(3)19(20-5-2)22-16-17-10-11-21-18(15-17)24-13-8-9-14-24/h4,10-11,15H,1,5-9,12-14,16H2,2-3H3,(H,20,22). The summed E-state index contributed by atoms with van der Waals surface area (Å²) in [5.41, 5.74) is 1.21. The van der Waals surface area contributed by atoms with E-state index in [-0.39, 0.29) is 0 Å². The maximum atomic E-state index is 4.79. The van der Waals surface area contributed by atoms with Crippen LogP contribution in [0.1, 0.15) is 38.2 Å². The number of unbranched alkanes of at least 4 members (excludes halogenated alkanes) is 1. The Labute approximate surface area is 146 Å². The fourth-order valence-electron chi connectivity index (χ4n) is 2.89. The van der Waals surface area contributed by atoms with Crippen molar-refractivity contribution in [1.82, 2.24) is 15.2 Å². The van der Waals surface area contributed by atoms with Crippen molar-refractivity contribution >= 4 is 11.8 Å². The van der Waals surface area contributed by atoms with Crippen molar-refractivity contribution in [1.29, 1.82) is 0 Å². The first kappa shape index (κ1) is 18.3. The van der Waals surface area contributed by atoms with E-state index in [1.165, 1.54) is 18.4 Å². The highest BCUT2D eigenvalue weighted by Gasteiger charge is 2.13. The molecule has 0 radical (unpaired) electrons. The van der Waals surface area contributed by atoms with Gasteiger partial charge in [-0.2, -0.15) is 0 Å². The lowest BCUT2D eigenvalue weighted by Gasteiger charge is -2.22. The van der Waals surface area contributed by atoms with Gasteiger partial charge in [-0.1, -0.05) is 6.08 Å². The number of hydrogen-bond donors (Lipinski definition) is 1. The van der Waals surface area contributed by atoms with Gasteiger partial charge in [0, 0.05) is 39.4 Å². The first-order valence-corrected chi connectivity index (χ1v) is 9.04. The Morgan fingerprint density at radius 3 is 2.96 bits per heavy atom. The molecule has 0 spiro atoms. The molecule has 24 heavy (non-hydrogen) atoms. The molecule has 0 atom stereocenters. The molecule has 0 aliphatic carbocycles. The number of anilines is 1. The summed E-state index contributed by atoms with van der Waals surface area (Å²) in [5, 5.41) is 3.37. The second kappa shape index (κ2) is 9.96. The summed E-state index contributed by atoms with van der Waals surface area (Å²) in [4.78, 5) is 13.9. The summed E-state index contributed by atoms with van der Waals surface area (Å²) >= 11 is 0. The number of pyridine rings is 1. The fraction of sp³-hybridized carbons (Fsp3) is 0.579. The first-order valence-electron chi connectivity index (χ1n) is 9.04. The Kier molecular flexibility index (Phi) is 7.59. The Morgan fingerprint density at radius 2 is 2.25 bits per heavy atom. The molecule has 0 saturated carbocycles. The molecule has 0 unspecified atom stereocenters. The largest absolute Gasteiger partial charge is 0.357 e. The van der Waals surface area contributed by atoms with E-state index in [0.717, 1.165) is 50.8 Å². The minimum absolute atomic E-state index is 0.678. The van der Waals surface area contributed by atoms with Gasteiger partial charge in [0.15, 0.2) is 5.96 Å². The highest BCUT2D eigenvalue weighted by Crippen LogP contribution is 2.18. The summed E-state index contributed by atoms with van der Waals surface area (Å²) in [6, 6.07) is 4.24. The molecule has 1 aliphatic heterocycles. The number of aromatic nitrogens is 1. The van der Waals surface area contributed by atoms with E-state index in [1.54, 1.807) is 0 Å². The summed E-state index contributed by atoms with van der Waals surface area (Å²) in [6.45, 7) is 10.7. The van der Waals surface area contributed by atoms with Crippen molar-refractivity contribution in [2.45, 2.75) is 39.2 Å². The van der Waals surface area contributed by atoms with Crippen LogP contribution in [0, 0.1) is 0 Å². The minimum Gasteiger partial charge on any atom is -0.357 e. The third kappa shape index (κ3) is 5.55. The zero-order valence-electron chi connectivity index (χ0n) is 15.2. The van der Waals surface area contributed by atoms with E-state index in [1.807, 2.05) is 12.3 Å². The number of guanidine groups is 1. The highest BCUT2D eigenvalue weighted by atomic mass is 15.3. The van der Waals surface area contributed by atoms with E-state index in [4.69, 9.17) is 4.99 Å². The Hall–Kier alpha value is -2.04. The third-order valence-electron chi connectivity index (χ3n) is 4.25. The monoisotopic (exact) mass is 329 g/mol. The molecule has 1 N–H and O–H groups in total. The van der Waals surface area contributed by atoms with Crippen molar-refractivity contribution in [2.24, 2.45) is 4.99 Å². The van der Waals surface area contributed by atoms with Gasteiger partial charge in [-0.3, -0.25) is 0 Å². The lowest BCUT2D eigenvalue weighted by Crippen LogP contribution is -2.39. The van der Waals surface area contributed by atoms with Gasteiger partial charge in [-0.15, -0.1) is 6.58 Å². The molecule has 1 aromatic rings. The first-order chi connectivity index (χ1) is 11.7. The second-order valence-electron chi connectivity index (χ2n) is 6.24. The summed E-state index contributed by atoms with van der Waals surface area (Å²) in [6.07, 6.45) is 8.54. The topological polar surface area (TPSA) is 43.8 Å². The Balaban J connectivity index is 1.99. The smallest absolute Gasteiger partial charge is 0.193 e. The molecule has 132 valence electrons. The lowest BCUT2D eigenvalue weighted by atomic mass is 10.2. The van der Waals surface area contributed by atoms with E-state index in [9.17, 15) is 0 Å². The molecule has 1 saturated heterocycles. The molecule has 0 bridgehead atoms. The third-order valence-corrected chi connectivity index (χ3v) is 4.25. The van der Waals surface area contributed by atoms with Crippen molar-refractivity contribution < 1.29 is 0 Å². The number of allylic oxidation sites excluding steroid dienone is 1. The van der Waals surface area contributed by atoms with Crippen molar-refractivity contribution in [3.8, 4) is 0 Å². The Bertz CT molecular complexity index is 534. The number of hydrogen-bond acceptors (Lipinski definition) is 3. The molecule has 0 aromatic carbocycles. The van der Waals surface area contributed by atoms with Crippen molar-refractivity contribution in [3.05, 3.63) is 36.5 Å². The maximum Gasteiger partial charge on any atom is 0.193 e. The second-order valence-corrected chi connectivity index (χ2v) is 6.24. The maximum absolute atomic E-state index is 4.79. The quantitative estimate of drug-likeness (QED) is 0.345. The molecular formula is C19H31N5. The van der Waals surface area contributed by atoms with Crippen LogP contribution >= 0.6 is 0 Å². The van der Waals surface area contributed by atoms with Crippen LogP contribution in [0.2, 0.25) is 0 Å². The number of aliphatic imine (C=N–C) groups is 1. The van der Waals surface area contributed by atoms with Gasteiger partial charge in [0.05, 0.1) is 6.54 Å². The molecule has 1 fully saturated rings. The van der Waals surface area contributed by atoms with Gasteiger partial charge in [-0.25, -0.2) is 9.98 Å². The van der Waals surface area contributed by atoms with Crippen LogP contribution in [0.25, 0.3) is 0 Å². The summed E-state index contributed by atoms with van der Waals surface area (Å²) in [7, 11) is 2.09. The van der Waals surface area contributed by atoms with Crippen LogP contribution < -0.4 is 10.2 Å². The average Bonchev–Trinajstić information content (AvgIpc) is 3.13. The zero-order valence-corrected chi connectivity index (χ0v) is 15.2. The zero-order chi connectivity index (χ0) is 17.2. The number of nitrogens with one attached hydrogen (secondary N) is 1. The van der Waals surface area contributed by atoms with Gasteiger partial charge in [0.1, 0.15) is 5.82 Å². The number of nitrogens with zero attached hydrogens (tertiary/aromatic N) is 4. The Morgan fingerprint density at radius 1 is 1.46 bits per heavy atom. The summed E-state index contributed by atoms with van der Waals surface area (Å²) < 4.78 is 0. The van der Waals surface area contributed by atoms with Crippen LogP contribution in [0.4, 0.5) is 5.82 Å². The molecule has 1 aliphatic rings. The van der Waals surface area contributed by atoms with E-state index >= 15 is 0 Å². The van der Waals surface area contributed by atoms with Crippen molar-refractivity contribution in [2.75, 3.05) is 38.1 Å². The minimum atomic E-state index is 0.678. The molecule has 5 nitrogen and oxygen atoms in total. The van der Waals surface area contributed by atoms with Gasteiger partial charge in [0.2, 0.25) is 0 Å². The predicted molar refractivity (Wildman–Crippen MR) is 103 cm³/mol. The van der Waals surface area contributed by atoms with Crippen LogP contribution in [0.15, 0.2) is 36.0 Å². The van der Waals surface area contributed by atoms with Crippen molar-refractivity contribution in [3.63, 3.8) is 0 Å². The van der Waals surface area contributed by atoms with E-state index < -0.39 is 0 Å². The molecule has 2 heterocycles. The fourth-order valence-corrected chi connectivity index (χ4v) is 2.89. The highest BCUT2D eigenvalue weighted by molar-refractivity contribution is 5.79. The molecule has 2 rings (SSSR count).